The van der Waals surface area contributed by atoms with Gasteiger partial charge in [0.25, 0.3) is 0 Å². The SMILES string of the molecule is C=C(CNCC)CN1CCCCCC1C. The molecule has 1 heterocycles. The van der Waals surface area contributed by atoms with Crippen LogP contribution in [-0.2, 0) is 0 Å². The molecule has 15 heavy (non-hydrogen) atoms. The van der Waals surface area contributed by atoms with Crippen molar-refractivity contribution in [1.82, 2.24) is 10.2 Å². The molecule has 0 aromatic carbocycles. The van der Waals surface area contributed by atoms with E-state index in [2.05, 4.69) is 30.6 Å². The van der Waals surface area contributed by atoms with Gasteiger partial charge in [0.15, 0.2) is 0 Å². The second-order valence-corrected chi connectivity index (χ2v) is 4.70. The van der Waals surface area contributed by atoms with Crippen LogP contribution in [0.3, 0.4) is 0 Å². The summed E-state index contributed by atoms with van der Waals surface area (Å²) in [5.41, 5.74) is 1.32. The average Bonchev–Trinajstić information content (AvgIpc) is 2.42. The minimum Gasteiger partial charge on any atom is -0.313 e. The summed E-state index contributed by atoms with van der Waals surface area (Å²) in [6, 6.07) is 0.742. The second-order valence-electron chi connectivity index (χ2n) is 4.70. The maximum Gasteiger partial charge on any atom is 0.0205 e. The molecule has 1 N–H and O–H groups in total. The lowest BCUT2D eigenvalue weighted by Crippen LogP contribution is -2.35. The fourth-order valence-corrected chi connectivity index (χ4v) is 2.21. The molecule has 0 saturated carbocycles. The van der Waals surface area contributed by atoms with Gasteiger partial charge in [0.2, 0.25) is 0 Å². The van der Waals surface area contributed by atoms with Gasteiger partial charge in [-0.15, -0.1) is 0 Å². The molecule has 2 nitrogen and oxygen atoms in total. The second kappa shape index (κ2) is 7.02. The molecule has 1 unspecified atom stereocenters. The summed E-state index contributed by atoms with van der Waals surface area (Å²) in [4.78, 5) is 2.59. The Morgan fingerprint density at radius 3 is 2.93 bits per heavy atom. The van der Waals surface area contributed by atoms with E-state index < -0.39 is 0 Å². The van der Waals surface area contributed by atoms with Gasteiger partial charge in [-0.2, -0.15) is 0 Å². The Hall–Kier alpha value is -0.340. The fourth-order valence-electron chi connectivity index (χ4n) is 2.21. The minimum absolute atomic E-state index is 0.742. The largest absolute Gasteiger partial charge is 0.313 e. The zero-order chi connectivity index (χ0) is 11.1. The van der Waals surface area contributed by atoms with E-state index in [4.69, 9.17) is 0 Å². The molecule has 0 aromatic heterocycles. The number of hydrogen-bond acceptors (Lipinski definition) is 2. The molecule has 0 amide bonds. The number of rotatable bonds is 5. The van der Waals surface area contributed by atoms with Crippen LogP contribution in [0.4, 0.5) is 0 Å². The summed E-state index contributed by atoms with van der Waals surface area (Å²) in [7, 11) is 0. The van der Waals surface area contributed by atoms with Crippen LogP contribution in [0, 0.1) is 0 Å². The molecule has 0 aliphatic carbocycles. The first-order valence-electron chi connectivity index (χ1n) is 6.35. The van der Waals surface area contributed by atoms with E-state index in [-0.39, 0.29) is 0 Å². The molecule has 1 aliphatic heterocycles. The number of nitrogens with zero attached hydrogens (tertiary/aromatic N) is 1. The quantitative estimate of drug-likeness (QED) is 0.701. The maximum atomic E-state index is 4.15. The van der Waals surface area contributed by atoms with Gasteiger partial charge in [-0.25, -0.2) is 0 Å². The Balaban J connectivity index is 2.30. The van der Waals surface area contributed by atoms with Crippen molar-refractivity contribution in [3.63, 3.8) is 0 Å². The van der Waals surface area contributed by atoms with E-state index in [1.165, 1.54) is 37.8 Å². The van der Waals surface area contributed by atoms with Crippen molar-refractivity contribution in [2.24, 2.45) is 0 Å². The minimum atomic E-state index is 0.742. The van der Waals surface area contributed by atoms with E-state index in [1.54, 1.807) is 0 Å². The molecular weight excluding hydrogens is 184 g/mol. The molecular formula is C13H26N2. The highest BCUT2D eigenvalue weighted by Gasteiger charge is 2.16. The first kappa shape index (κ1) is 12.7. The standard InChI is InChI=1S/C13H26N2/c1-4-14-10-12(2)11-15-9-7-5-6-8-13(15)3/h13-14H,2,4-11H2,1,3H3. The maximum absolute atomic E-state index is 4.15. The van der Waals surface area contributed by atoms with Gasteiger partial charge in [-0.05, 0) is 38.4 Å². The fraction of sp³-hybridized carbons (Fsp3) is 0.846. The number of nitrogens with one attached hydrogen (secondary N) is 1. The van der Waals surface area contributed by atoms with Crippen LogP contribution in [0.25, 0.3) is 0 Å². The van der Waals surface area contributed by atoms with E-state index in [1.807, 2.05) is 0 Å². The summed E-state index contributed by atoms with van der Waals surface area (Å²) in [6.45, 7) is 13.0. The molecule has 1 saturated heterocycles. The van der Waals surface area contributed by atoms with Gasteiger partial charge in [0.05, 0.1) is 0 Å². The molecule has 88 valence electrons. The number of likely N-dealkylation sites (N-methyl/N-ethyl adjacent to an activating group) is 1. The monoisotopic (exact) mass is 210 g/mol. The zero-order valence-electron chi connectivity index (χ0n) is 10.4. The first-order chi connectivity index (χ1) is 7.24. The van der Waals surface area contributed by atoms with Gasteiger partial charge in [0.1, 0.15) is 0 Å². The van der Waals surface area contributed by atoms with Crippen molar-refractivity contribution in [3.05, 3.63) is 12.2 Å². The highest BCUT2D eigenvalue weighted by molar-refractivity contribution is 5.00. The Bertz CT molecular complexity index is 189. The van der Waals surface area contributed by atoms with Gasteiger partial charge >= 0.3 is 0 Å². The van der Waals surface area contributed by atoms with Crippen molar-refractivity contribution < 1.29 is 0 Å². The Morgan fingerprint density at radius 2 is 2.20 bits per heavy atom. The van der Waals surface area contributed by atoms with Gasteiger partial charge in [-0.1, -0.05) is 26.3 Å². The zero-order valence-corrected chi connectivity index (χ0v) is 10.4. The van der Waals surface area contributed by atoms with Crippen molar-refractivity contribution >= 4 is 0 Å². The molecule has 1 fully saturated rings. The third-order valence-electron chi connectivity index (χ3n) is 3.24. The van der Waals surface area contributed by atoms with Crippen LogP contribution >= 0.6 is 0 Å². The van der Waals surface area contributed by atoms with Crippen molar-refractivity contribution in [1.29, 1.82) is 0 Å². The molecule has 1 atom stereocenters. The summed E-state index contributed by atoms with van der Waals surface area (Å²) < 4.78 is 0. The van der Waals surface area contributed by atoms with Crippen molar-refractivity contribution in [3.8, 4) is 0 Å². The molecule has 0 spiro atoms. The van der Waals surface area contributed by atoms with Crippen LogP contribution in [0.15, 0.2) is 12.2 Å². The third-order valence-corrected chi connectivity index (χ3v) is 3.24. The topological polar surface area (TPSA) is 15.3 Å². The molecule has 0 aromatic rings. The highest BCUT2D eigenvalue weighted by atomic mass is 15.1. The molecule has 0 bridgehead atoms. The lowest BCUT2D eigenvalue weighted by atomic mass is 10.1. The Morgan fingerprint density at radius 1 is 1.40 bits per heavy atom. The first-order valence-corrected chi connectivity index (χ1v) is 6.35. The predicted molar refractivity (Wildman–Crippen MR) is 67.2 cm³/mol. The predicted octanol–water partition coefficient (Wildman–Crippen LogP) is 2.42. The normalized spacial score (nSPS) is 23.7. The lowest BCUT2D eigenvalue weighted by molar-refractivity contribution is 0.230. The van der Waals surface area contributed by atoms with Crippen molar-refractivity contribution in [2.45, 2.75) is 45.6 Å². The van der Waals surface area contributed by atoms with E-state index >= 15 is 0 Å². The molecule has 2 heteroatoms. The van der Waals surface area contributed by atoms with Crippen molar-refractivity contribution in [2.75, 3.05) is 26.2 Å². The van der Waals surface area contributed by atoms with E-state index in [9.17, 15) is 0 Å². The summed E-state index contributed by atoms with van der Waals surface area (Å²) in [5.74, 6) is 0. The molecule has 1 aliphatic rings. The smallest absolute Gasteiger partial charge is 0.0205 e. The van der Waals surface area contributed by atoms with Crippen LogP contribution in [0.5, 0.6) is 0 Å². The Labute approximate surface area is 94.7 Å². The van der Waals surface area contributed by atoms with Crippen LogP contribution < -0.4 is 5.32 Å². The van der Waals surface area contributed by atoms with Gasteiger partial charge < -0.3 is 5.32 Å². The number of likely N-dealkylation sites (tertiary alicyclic amines) is 1. The summed E-state index contributed by atoms with van der Waals surface area (Å²) >= 11 is 0. The molecule has 1 rings (SSSR count). The number of hydrogen-bond donors (Lipinski definition) is 1. The third kappa shape index (κ3) is 4.80. The van der Waals surface area contributed by atoms with Crippen LogP contribution in [-0.4, -0.2) is 37.1 Å². The van der Waals surface area contributed by atoms with Gasteiger partial charge in [0, 0.05) is 19.1 Å². The van der Waals surface area contributed by atoms with Crippen LogP contribution in [0.1, 0.15) is 39.5 Å². The average molecular weight is 210 g/mol. The summed E-state index contributed by atoms with van der Waals surface area (Å²) in [5, 5.41) is 3.34. The van der Waals surface area contributed by atoms with Gasteiger partial charge in [-0.3, -0.25) is 4.90 Å². The van der Waals surface area contributed by atoms with E-state index in [0.29, 0.717) is 0 Å². The Kier molecular flexibility index (Phi) is 5.96. The highest BCUT2D eigenvalue weighted by Crippen LogP contribution is 2.16. The molecule has 0 radical (unpaired) electrons. The van der Waals surface area contributed by atoms with Crippen LogP contribution in [0.2, 0.25) is 0 Å². The van der Waals surface area contributed by atoms with E-state index in [0.717, 1.165) is 25.7 Å². The summed E-state index contributed by atoms with van der Waals surface area (Å²) in [6.07, 6.45) is 5.52. The lowest BCUT2D eigenvalue weighted by Gasteiger charge is -2.27.